The SMILES string of the molecule is Nc1ccc2c3n(nc2c1)C(C1CCCC1)CCN3. The summed E-state index contributed by atoms with van der Waals surface area (Å²) in [7, 11) is 0. The number of nitrogen functional groups attached to an aromatic ring is 1. The van der Waals surface area contributed by atoms with Crippen molar-refractivity contribution in [2.45, 2.75) is 38.1 Å². The minimum atomic E-state index is 0.576. The lowest BCUT2D eigenvalue weighted by Crippen LogP contribution is -2.28. The Balaban J connectivity index is 1.83. The molecule has 0 spiro atoms. The smallest absolute Gasteiger partial charge is 0.132 e. The summed E-state index contributed by atoms with van der Waals surface area (Å²) in [4.78, 5) is 0. The van der Waals surface area contributed by atoms with Gasteiger partial charge in [-0.05, 0) is 43.4 Å². The van der Waals surface area contributed by atoms with E-state index in [-0.39, 0.29) is 0 Å². The first-order valence-electron chi connectivity index (χ1n) is 7.34. The highest BCUT2D eigenvalue weighted by atomic mass is 15.4. The monoisotopic (exact) mass is 256 g/mol. The molecule has 4 rings (SSSR count). The van der Waals surface area contributed by atoms with E-state index < -0.39 is 0 Å². The minimum Gasteiger partial charge on any atom is -0.399 e. The maximum absolute atomic E-state index is 5.87. The fourth-order valence-electron chi connectivity index (χ4n) is 3.78. The molecular weight excluding hydrogens is 236 g/mol. The third-order valence-corrected chi connectivity index (χ3v) is 4.71. The molecule has 1 aliphatic heterocycles. The van der Waals surface area contributed by atoms with Crippen molar-refractivity contribution in [2.24, 2.45) is 5.92 Å². The summed E-state index contributed by atoms with van der Waals surface area (Å²) in [6, 6.07) is 6.61. The predicted molar refractivity (Wildman–Crippen MR) is 78.2 cm³/mol. The van der Waals surface area contributed by atoms with Gasteiger partial charge in [-0.2, -0.15) is 5.10 Å². The largest absolute Gasteiger partial charge is 0.399 e. The molecule has 3 N–H and O–H groups in total. The van der Waals surface area contributed by atoms with E-state index in [0.29, 0.717) is 6.04 Å². The topological polar surface area (TPSA) is 55.9 Å². The number of rotatable bonds is 1. The Morgan fingerprint density at radius 3 is 2.89 bits per heavy atom. The summed E-state index contributed by atoms with van der Waals surface area (Å²) in [6.07, 6.45) is 6.70. The molecule has 1 atom stereocenters. The number of hydrogen-bond acceptors (Lipinski definition) is 3. The van der Waals surface area contributed by atoms with Crippen LogP contribution in [-0.4, -0.2) is 16.3 Å². The lowest BCUT2D eigenvalue weighted by atomic mass is 9.94. The van der Waals surface area contributed by atoms with Crippen LogP contribution >= 0.6 is 0 Å². The molecule has 4 heteroatoms. The third-order valence-electron chi connectivity index (χ3n) is 4.71. The van der Waals surface area contributed by atoms with E-state index in [1.807, 2.05) is 12.1 Å². The maximum atomic E-state index is 5.87. The van der Waals surface area contributed by atoms with Gasteiger partial charge < -0.3 is 11.1 Å². The number of nitrogens with two attached hydrogens (primary N) is 1. The zero-order valence-corrected chi connectivity index (χ0v) is 11.1. The Labute approximate surface area is 113 Å². The number of hydrogen-bond donors (Lipinski definition) is 2. The van der Waals surface area contributed by atoms with Gasteiger partial charge in [-0.1, -0.05) is 12.8 Å². The van der Waals surface area contributed by atoms with E-state index in [1.54, 1.807) is 0 Å². The fraction of sp³-hybridized carbons (Fsp3) is 0.533. The van der Waals surface area contributed by atoms with Gasteiger partial charge >= 0.3 is 0 Å². The molecule has 2 aromatic rings. The zero-order valence-electron chi connectivity index (χ0n) is 11.1. The molecule has 0 bridgehead atoms. The molecule has 1 aromatic carbocycles. The molecule has 0 radical (unpaired) electrons. The second-order valence-electron chi connectivity index (χ2n) is 5.90. The molecule has 2 heterocycles. The summed E-state index contributed by atoms with van der Waals surface area (Å²) in [5.41, 5.74) is 7.68. The van der Waals surface area contributed by atoms with Gasteiger partial charge in [0.25, 0.3) is 0 Å². The van der Waals surface area contributed by atoms with E-state index >= 15 is 0 Å². The van der Waals surface area contributed by atoms with Crippen molar-refractivity contribution in [1.29, 1.82) is 0 Å². The van der Waals surface area contributed by atoms with Crippen molar-refractivity contribution in [3.8, 4) is 0 Å². The molecule has 1 aliphatic carbocycles. The van der Waals surface area contributed by atoms with Crippen LogP contribution in [0.25, 0.3) is 10.9 Å². The zero-order chi connectivity index (χ0) is 12.8. The van der Waals surface area contributed by atoms with E-state index in [1.165, 1.54) is 43.3 Å². The van der Waals surface area contributed by atoms with Crippen LogP contribution < -0.4 is 11.1 Å². The molecular formula is C15H20N4. The minimum absolute atomic E-state index is 0.576. The first-order valence-corrected chi connectivity index (χ1v) is 7.34. The van der Waals surface area contributed by atoms with Gasteiger partial charge in [0, 0.05) is 17.6 Å². The average molecular weight is 256 g/mol. The van der Waals surface area contributed by atoms with Gasteiger partial charge in [-0.3, -0.25) is 0 Å². The van der Waals surface area contributed by atoms with E-state index in [0.717, 1.165) is 23.7 Å². The van der Waals surface area contributed by atoms with Crippen LogP contribution in [0.5, 0.6) is 0 Å². The molecule has 4 nitrogen and oxygen atoms in total. The molecule has 19 heavy (non-hydrogen) atoms. The molecule has 0 amide bonds. The van der Waals surface area contributed by atoms with Gasteiger partial charge in [-0.15, -0.1) is 0 Å². The number of nitrogens with one attached hydrogen (secondary N) is 1. The number of aromatic nitrogens is 2. The molecule has 1 aromatic heterocycles. The van der Waals surface area contributed by atoms with Crippen LogP contribution in [0.3, 0.4) is 0 Å². The average Bonchev–Trinajstić information content (AvgIpc) is 3.04. The molecule has 2 aliphatic rings. The first-order chi connectivity index (χ1) is 9.33. The van der Waals surface area contributed by atoms with E-state index in [4.69, 9.17) is 10.8 Å². The quantitative estimate of drug-likeness (QED) is 0.771. The van der Waals surface area contributed by atoms with Crippen LogP contribution in [0.15, 0.2) is 18.2 Å². The van der Waals surface area contributed by atoms with Crippen molar-refractivity contribution in [1.82, 2.24) is 9.78 Å². The summed E-state index contributed by atoms with van der Waals surface area (Å²) in [5, 5.41) is 9.54. The molecule has 1 saturated carbocycles. The van der Waals surface area contributed by atoms with Crippen LogP contribution in [0.2, 0.25) is 0 Å². The number of nitrogens with zero attached hydrogens (tertiary/aromatic N) is 2. The Kier molecular flexibility index (Phi) is 2.43. The van der Waals surface area contributed by atoms with Gasteiger partial charge in [0.2, 0.25) is 0 Å². The lowest BCUT2D eigenvalue weighted by Gasteiger charge is -2.30. The first kappa shape index (κ1) is 11.1. The Morgan fingerprint density at radius 1 is 1.21 bits per heavy atom. The molecule has 1 fully saturated rings. The van der Waals surface area contributed by atoms with Gasteiger partial charge in [0.05, 0.1) is 11.6 Å². The van der Waals surface area contributed by atoms with Crippen LogP contribution in [0.4, 0.5) is 11.5 Å². The number of benzene rings is 1. The predicted octanol–water partition coefficient (Wildman–Crippen LogP) is 3.17. The van der Waals surface area contributed by atoms with Crippen molar-refractivity contribution < 1.29 is 0 Å². The molecule has 0 saturated heterocycles. The second-order valence-corrected chi connectivity index (χ2v) is 5.90. The van der Waals surface area contributed by atoms with Crippen LogP contribution in [0.1, 0.15) is 38.1 Å². The summed E-state index contributed by atoms with van der Waals surface area (Å²) < 4.78 is 2.24. The summed E-state index contributed by atoms with van der Waals surface area (Å²) in [6.45, 7) is 1.06. The number of anilines is 2. The highest BCUT2D eigenvalue weighted by Gasteiger charge is 2.31. The van der Waals surface area contributed by atoms with Gasteiger partial charge in [0.15, 0.2) is 0 Å². The Morgan fingerprint density at radius 2 is 2.05 bits per heavy atom. The highest BCUT2D eigenvalue weighted by Crippen LogP contribution is 2.41. The third kappa shape index (κ3) is 1.70. The second kappa shape index (κ2) is 4.15. The standard InChI is InChI=1S/C15H20N4/c16-11-5-6-12-13(9-11)18-19-14(7-8-17-15(12)19)10-3-1-2-4-10/h5-6,9-10,14,17H,1-4,7-8,16H2. The van der Waals surface area contributed by atoms with Crippen molar-refractivity contribution in [2.75, 3.05) is 17.6 Å². The molecule has 100 valence electrons. The summed E-state index contributed by atoms with van der Waals surface area (Å²) >= 11 is 0. The summed E-state index contributed by atoms with van der Waals surface area (Å²) in [5.74, 6) is 2.01. The van der Waals surface area contributed by atoms with Crippen molar-refractivity contribution in [3.05, 3.63) is 18.2 Å². The van der Waals surface area contributed by atoms with Gasteiger partial charge in [-0.25, -0.2) is 4.68 Å². The lowest BCUT2D eigenvalue weighted by molar-refractivity contribution is 0.292. The Hall–Kier alpha value is -1.71. The van der Waals surface area contributed by atoms with Crippen LogP contribution in [0, 0.1) is 5.92 Å². The van der Waals surface area contributed by atoms with Gasteiger partial charge in [0.1, 0.15) is 5.82 Å². The van der Waals surface area contributed by atoms with Crippen molar-refractivity contribution >= 4 is 22.4 Å². The van der Waals surface area contributed by atoms with E-state index in [2.05, 4.69) is 16.1 Å². The fourth-order valence-corrected chi connectivity index (χ4v) is 3.78. The van der Waals surface area contributed by atoms with E-state index in [9.17, 15) is 0 Å². The maximum Gasteiger partial charge on any atom is 0.132 e. The van der Waals surface area contributed by atoms with Crippen molar-refractivity contribution in [3.63, 3.8) is 0 Å². The molecule has 1 unspecified atom stereocenters. The van der Waals surface area contributed by atoms with Crippen LogP contribution in [-0.2, 0) is 0 Å². The Bertz CT molecular complexity index is 610. The normalized spacial score (nSPS) is 23.5. The number of fused-ring (bicyclic) bond motifs is 3. The highest BCUT2D eigenvalue weighted by molar-refractivity contribution is 5.92.